The Labute approximate surface area is 133 Å². The molecule has 2 heterocycles. The van der Waals surface area contributed by atoms with Crippen molar-refractivity contribution in [1.29, 1.82) is 0 Å². The fraction of sp³-hybridized carbons (Fsp3) is 0.176. The van der Waals surface area contributed by atoms with E-state index in [9.17, 15) is 9.59 Å². The smallest absolute Gasteiger partial charge is 0.263 e. The summed E-state index contributed by atoms with van der Waals surface area (Å²) in [7, 11) is 0. The molecule has 6 heteroatoms. The second-order valence-corrected chi connectivity index (χ2v) is 5.62. The van der Waals surface area contributed by atoms with E-state index >= 15 is 0 Å². The number of anilines is 2. The van der Waals surface area contributed by atoms with Crippen LogP contribution in [-0.4, -0.2) is 23.9 Å². The summed E-state index contributed by atoms with van der Waals surface area (Å²) in [6, 6.07) is 15.1. The van der Waals surface area contributed by atoms with Crippen molar-refractivity contribution in [2.45, 2.75) is 19.0 Å². The molecule has 2 unspecified atom stereocenters. The summed E-state index contributed by atoms with van der Waals surface area (Å²) in [5.74, 6) is -0.622. The van der Waals surface area contributed by atoms with E-state index in [1.807, 2.05) is 49.4 Å². The van der Waals surface area contributed by atoms with E-state index in [1.165, 1.54) is 9.91 Å². The Kier molecular flexibility index (Phi) is 2.97. The highest BCUT2D eigenvalue weighted by atomic mass is 16.2. The lowest BCUT2D eigenvalue weighted by atomic mass is 10.1. The maximum atomic E-state index is 12.8. The highest BCUT2D eigenvalue weighted by Gasteiger charge is 2.55. The van der Waals surface area contributed by atoms with Gasteiger partial charge in [0.1, 0.15) is 0 Å². The van der Waals surface area contributed by atoms with Gasteiger partial charge in [0.15, 0.2) is 12.1 Å². The molecule has 114 valence electrons. The molecule has 23 heavy (non-hydrogen) atoms. The van der Waals surface area contributed by atoms with Crippen LogP contribution in [0.15, 0.2) is 64.9 Å². The summed E-state index contributed by atoms with van der Waals surface area (Å²) in [6.45, 7) is 1.96. The quantitative estimate of drug-likeness (QED) is 0.801. The number of imide groups is 1. The lowest BCUT2D eigenvalue weighted by Crippen LogP contribution is -2.39. The third-order valence-electron chi connectivity index (χ3n) is 4.09. The number of hydrogen-bond acceptors (Lipinski definition) is 5. The average Bonchev–Trinajstić information content (AvgIpc) is 3.11. The van der Waals surface area contributed by atoms with Crippen LogP contribution in [0.5, 0.6) is 0 Å². The molecule has 2 atom stereocenters. The fourth-order valence-corrected chi connectivity index (χ4v) is 2.90. The number of amides is 2. The first kappa shape index (κ1) is 13.6. The number of carbonyl (C=O) groups is 2. The standard InChI is InChI=1S/C17H14N4O2/c1-11-7-9-12(10-8-11)20-16(22)14-15(17(20)23)21(19-18-14)13-5-3-2-4-6-13/h2-10,14-15H,1H3. The first-order valence-electron chi connectivity index (χ1n) is 7.36. The summed E-state index contributed by atoms with van der Waals surface area (Å²) in [4.78, 5) is 26.6. The van der Waals surface area contributed by atoms with E-state index in [-0.39, 0.29) is 11.8 Å². The van der Waals surface area contributed by atoms with Gasteiger partial charge in [0, 0.05) is 0 Å². The molecule has 2 aliphatic rings. The number of hydrogen-bond donors (Lipinski definition) is 0. The molecular formula is C17H14N4O2. The maximum Gasteiger partial charge on any atom is 0.263 e. The van der Waals surface area contributed by atoms with Gasteiger partial charge >= 0.3 is 0 Å². The van der Waals surface area contributed by atoms with Crippen molar-refractivity contribution < 1.29 is 9.59 Å². The van der Waals surface area contributed by atoms with Crippen molar-refractivity contribution in [3.63, 3.8) is 0 Å². The van der Waals surface area contributed by atoms with Gasteiger partial charge in [-0.15, -0.1) is 0 Å². The number of para-hydroxylation sites is 1. The summed E-state index contributed by atoms with van der Waals surface area (Å²) in [5.41, 5.74) is 2.39. The van der Waals surface area contributed by atoms with Crippen molar-refractivity contribution in [1.82, 2.24) is 0 Å². The van der Waals surface area contributed by atoms with Gasteiger partial charge < -0.3 is 0 Å². The minimum absolute atomic E-state index is 0.294. The van der Waals surface area contributed by atoms with Gasteiger partial charge in [-0.1, -0.05) is 41.1 Å². The molecule has 0 aliphatic carbocycles. The predicted molar refractivity (Wildman–Crippen MR) is 85.0 cm³/mol. The van der Waals surface area contributed by atoms with Gasteiger partial charge in [-0.3, -0.25) is 9.59 Å². The molecule has 6 nitrogen and oxygen atoms in total. The zero-order valence-electron chi connectivity index (χ0n) is 12.5. The number of nitrogens with zero attached hydrogens (tertiary/aromatic N) is 4. The highest BCUT2D eigenvalue weighted by Crippen LogP contribution is 2.34. The molecule has 0 radical (unpaired) electrons. The van der Waals surface area contributed by atoms with Gasteiger partial charge in [0.25, 0.3) is 11.8 Å². The number of aryl methyl sites for hydroxylation is 1. The molecule has 1 saturated heterocycles. The monoisotopic (exact) mass is 306 g/mol. The van der Waals surface area contributed by atoms with Gasteiger partial charge in [-0.2, -0.15) is 5.11 Å². The Hall–Kier alpha value is -3.02. The first-order valence-corrected chi connectivity index (χ1v) is 7.36. The van der Waals surface area contributed by atoms with Gasteiger partial charge in [-0.05, 0) is 31.2 Å². The third-order valence-corrected chi connectivity index (χ3v) is 4.09. The van der Waals surface area contributed by atoms with Crippen molar-refractivity contribution in [2.75, 3.05) is 9.91 Å². The van der Waals surface area contributed by atoms with Crippen LogP contribution in [-0.2, 0) is 9.59 Å². The number of carbonyl (C=O) groups excluding carboxylic acids is 2. The molecular weight excluding hydrogens is 292 g/mol. The van der Waals surface area contributed by atoms with Gasteiger partial charge in [0.2, 0.25) is 0 Å². The van der Waals surface area contributed by atoms with E-state index in [4.69, 9.17) is 0 Å². The Balaban J connectivity index is 1.70. The van der Waals surface area contributed by atoms with Gasteiger partial charge in [0.05, 0.1) is 11.4 Å². The van der Waals surface area contributed by atoms with Crippen LogP contribution >= 0.6 is 0 Å². The van der Waals surface area contributed by atoms with Crippen molar-refractivity contribution >= 4 is 23.2 Å². The molecule has 0 saturated carbocycles. The van der Waals surface area contributed by atoms with E-state index in [2.05, 4.69) is 10.3 Å². The third kappa shape index (κ3) is 2.03. The van der Waals surface area contributed by atoms with Crippen LogP contribution in [0.2, 0.25) is 0 Å². The maximum absolute atomic E-state index is 12.8. The highest BCUT2D eigenvalue weighted by molar-refractivity contribution is 6.26. The van der Waals surface area contributed by atoms with E-state index in [1.54, 1.807) is 12.1 Å². The fourth-order valence-electron chi connectivity index (χ4n) is 2.90. The lowest BCUT2D eigenvalue weighted by molar-refractivity contribution is -0.121. The molecule has 0 spiro atoms. The van der Waals surface area contributed by atoms with Crippen LogP contribution in [0, 0.1) is 6.92 Å². The second-order valence-electron chi connectivity index (χ2n) is 5.62. The Morgan fingerprint density at radius 2 is 1.57 bits per heavy atom. The van der Waals surface area contributed by atoms with Crippen molar-refractivity contribution in [3.8, 4) is 0 Å². The average molecular weight is 306 g/mol. The molecule has 0 bridgehead atoms. The SMILES string of the molecule is Cc1ccc(N2C(=O)C3N=NN(c4ccccc4)C3C2=O)cc1. The number of benzene rings is 2. The van der Waals surface area contributed by atoms with Crippen molar-refractivity contribution in [3.05, 3.63) is 60.2 Å². The van der Waals surface area contributed by atoms with Crippen LogP contribution in [0.4, 0.5) is 11.4 Å². The van der Waals surface area contributed by atoms with Crippen LogP contribution in [0.25, 0.3) is 0 Å². The molecule has 1 fully saturated rings. The van der Waals surface area contributed by atoms with Crippen LogP contribution in [0.3, 0.4) is 0 Å². The molecule has 4 rings (SSSR count). The zero-order chi connectivity index (χ0) is 16.0. The van der Waals surface area contributed by atoms with Crippen LogP contribution in [0.1, 0.15) is 5.56 Å². The molecule has 0 aromatic heterocycles. The van der Waals surface area contributed by atoms with E-state index < -0.39 is 12.1 Å². The summed E-state index contributed by atoms with van der Waals surface area (Å²) >= 11 is 0. The molecule has 2 amide bonds. The number of fused-ring (bicyclic) bond motifs is 1. The molecule has 2 aromatic rings. The summed E-state index contributed by atoms with van der Waals surface area (Å²) in [6.07, 6.45) is 0. The van der Waals surface area contributed by atoms with E-state index in [0.29, 0.717) is 5.69 Å². The molecule has 2 aliphatic heterocycles. The summed E-state index contributed by atoms with van der Waals surface area (Å²) in [5, 5.41) is 9.57. The second kappa shape index (κ2) is 5.01. The van der Waals surface area contributed by atoms with E-state index in [0.717, 1.165) is 11.3 Å². The Morgan fingerprint density at radius 3 is 2.26 bits per heavy atom. The first-order chi connectivity index (χ1) is 11.2. The minimum atomic E-state index is -0.774. The number of rotatable bonds is 2. The minimum Gasteiger partial charge on any atom is -0.271 e. The van der Waals surface area contributed by atoms with Gasteiger partial charge in [-0.25, -0.2) is 9.91 Å². The molecule has 2 aromatic carbocycles. The van der Waals surface area contributed by atoms with Crippen molar-refractivity contribution in [2.24, 2.45) is 10.3 Å². The Morgan fingerprint density at radius 1 is 0.870 bits per heavy atom. The summed E-state index contributed by atoms with van der Waals surface area (Å²) < 4.78 is 0. The topological polar surface area (TPSA) is 65.3 Å². The van der Waals surface area contributed by atoms with Crippen LogP contribution < -0.4 is 9.91 Å². The molecule has 0 N–H and O–H groups in total. The zero-order valence-corrected chi connectivity index (χ0v) is 12.5. The Bertz CT molecular complexity index is 801. The normalized spacial score (nSPS) is 22.8. The largest absolute Gasteiger partial charge is 0.271 e. The predicted octanol–water partition coefficient (Wildman–Crippen LogP) is 2.49. The lowest BCUT2D eigenvalue weighted by Gasteiger charge is -2.20.